The third kappa shape index (κ3) is 2.31. The molecule has 0 heterocycles. The molecule has 0 aliphatic carbocycles. The molecule has 0 radical (unpaired) electrons. The van der Waals surface area contributed by atoms with Gasteiger partial charge in [-0.1, -0.05) is 43.0 Å². The predicted octanol–water partition coefficient (Wildman–Crippen LogP) is 5.57. The van der Waals surface area contributed by atoms with Crippen LogP contribution in [-0.4, -0.2) is 0 Å². The molecule has 0 aromatic heterocycles. The largest absolute Gasteiger partial charge is 0.206 e. The first kappa shape index (κ1) is 13.4. The topological polar surface area (TPSA) is 0 Å². The second-order valence-corrected chi connectivity index (χ2v) is 4.74. The van der Waals surface area contributed by atoms with Gasteiger partial charge in [0.1, 0.15) is 5.82 Å². The Kier molecular flexibility index (Phi) is 3.26. The number of hydrogen-bond donors (Lipinski definition) is 0. The van der Waals surface area contributed by atoms with Crippen molar-refractivity contribution in [2.45, 2.75) is 0 Å². The van der Waals surface area contributed by atoms with Gasteiger partial charge in [-0.15, -0.1) is 0 Å². The molecular weight excluding hydrogens is 273 g/mol. The van der Waals surface area contributed by atoms with Gasteiger partial charge < -0.3 is 0 Å². The molecule has 0 aliphatic heterocycles. The van der Waals surface area contributed by atoms with E-state index in [4.69, 9.17) is 0 Å². The average Bonchev–Trinajstić information content (AvgIpc) is 2.50. The minimum Gasteiger partial charge on any atom is -0.206 e. The molecule has 0 aliphatic rings. The van der Waals surface area contributed by atoms with E-state index < -0.39 is 11.6 Å². The highest BCUT2D eigenvalue weighted by molar-refractivity contribution is 5.88. The Bertz CT molecular complexity index is 850. The zero-order valence-electron chi connectivity index (χ0n) is 11.0. The van der Waals surface area contributed by atoms with Gasteiger partial charge >= 0.3 is 0 Å². The summed E-state index contributed by atoms with van der Waals surface area (Å²) in [6.07, 6.45) is 1.56. The molecule has 0 nitrogen and oxygen atoms in total. The van der Waals surface area contributed by atoms with E-state index in [1.54, 1.807) is 30.3 Å². The van der Waals surface area contributed by atoms with Gasteiger partial charge in [-0.25, -0.2) is 13.2 Å². The lowest BCUT2D eigenvalue weighted by atomic mass is 9.99. The monoisotopic (exact) mass is 284 g/mol. The maximum absolute atomic E-state index is 14.1. The van der Waals surface area contributed by atoms with Crippen LogP contribution in [0.3, 0.4) is 0 Å². The molecule has 104 valence electrons. The Hall–Kier alpha value is -2.55. The van der Waals surface area contributed by atoms with Crippen LogP contribution in [-0.2, 0) is 0 Å². The normalized spacial score (nSPS) is 10.8. The summed E-state index contributed by atoms with van der Waals surface area (Å²) in [5.41, 5.74) is 1.71. The van der Waals surface area contributed by atoms with Gasteiger partial charge in [0.05, 0.1) is 0 Å². The van der Waals surface area contributed by atoms with Crippen molar-refractivity contribution in [3.63, 3.8) is 0 Å². The molecule has 0 spiro atoms. The van der Waals surface area contributed by atoms with Crippen LogP contribution in [0.5, 0.6) is 0 Å². The zero-order chi connectivity index (χ0) is 15.0. The Morgan fingerprint density at radius 3 is 2.33 bits per heavy atom. The average molecular weight is 284 g/mol. The maximum Gasteiger partial charge on any atom is 0.166 e. The molecular formula is C18H11F3. The van der Waals surface area contributed by atoms with Crippen LogP contribution in [0, 0.1) is 17.5 Å². The van der Waals surface area contributed by atoms with Crippen molar-refractivity contribution in [2.24, 2.45) is 0 Å². The number of benzene rings is 3. The van der Waals surface area contributed by atoms with Gasteiger partial charge in [0.15, 0.2) is 11.6 Å². The second kappa shape index (κ2) is 5.09. The second-order valence-electron chi connectivity index (χ2n) is 4.74. The van der Waals surface area contributed by atoms with Crippen LogP contribution in [0.4, 0.5) is 13.2 Å². The molecule has 3 aromatic carbocycles. The fourth-order valence-corrected chi connectivity index (χ4v) is 2.33. The smallest absolute Gasteiger partial charge is 0.166 e. The minimum absolute atomic E-state index is 0.182. The van der Waals surface area contributed by atoms with Crippen molar-refractivity contribution < 1.29 is 13.2 Å². The number of hydrogen-bond acceptors (Lipinski definition) is 0. The molecule has 0 atom stereocenters. The lowest BCUT2D eigenvalue weighted by molar-refractivity contribution is 0.517. The van der Waals surface area contributed by atoms with Gasteiger partial charge in [-0.2, -0.15) is 0 Å². The van der Waals surface area contributed by atoms with Crippen LogP contribution >= 0.6 is 0 Å². The van der Waals surface area contributed by atoms with E-state index >= 15 is 0 Å². The summed E-state index contributed by atoms with van der Waals surface area (Å²) in [4.78, 5) is 0. The summed E-state index contributed by atoms with van der Waals surface area (Å²) in [5, 5.41) is 0.709. The SMILES string of the molecule is C=Cc1ccc(-c2ccc3c(F)c(F)ccc3c2)c(F)c1. The molecule has 0 fully saturated rings. The Balaban J connectivity index is 2.18. The van der Waals surface area contributed by atoms with Crippen molar-refractivity contribution in [1.29, 1.82) is 0 Å². The van der Waals surface area contributed by atoms with E-state index in [-0.39, 0.29) is 11.2 Å². The molecule has 3 heteroatoms. The van der Waals surface area contributed by atoms with Crippen molar-refractivity contribution in [2.75, 3.05) is 0 Å². The minimum atomic E-state index is -0.892. The van der Waals surface area contributed by atoms with Crippen LogP contribution in [0.25, 0.3) is 28.0 Å². The fourth-order valence-electron chi connectivity index (χ4n) is 2.33. The van der Waals surface area contributed by atoms with E-state index in [1.165, 1.54) is 18.2 Å². The number of halogens is 3. The van der Waals surface area contributed by atoms with E-state index in [0.29, 0.717) is 22.1 Å². The predicted molar refractivity (Wildman–Crippen MR) is 79.3 cm³/mol. The van der Waals surface area contributed by atoms with Crippen molar-refractivity contribution in [1.82, 2.24) is 0 Å². The van der Waals surface area contributed by atoms with E-state index in [1.807, 2.05) is 0 Å². The molecule has 0 saturated carbocycles. The van der Waals surface area contributed by atoms with Gasteiger partial charge in [-0.3, -0.25) is 0 Å². The first-order valence-electron chi connectivity index (χ1n) is 6.40. The molecule has 21 heavy (non-hydrogen) atoms. The highest BCUT2D eigenvalue weighted by atomic mass is 19.2. The standard InChI is InChI=1S/C18H11F3/c1-2-11-3-6-14(17(20)9-11)12-4-7-15-13(10-12)5-8-16(19)18(15)21/h2-10H,1H2. The van der Waals surface area contributed by atoms with Crippen LogP contribution in [0.2, 0.25) is 0 Å². The first-order chi connectivity index (χ1) is 10.1. The summed E-state index contributed by atoms with van der Waals surface area (Å²) in [5.74, 6) is -2.16. The molecule has 0 bridgehead atoms. The van der Waals surface area contributed by atoms with Crippen LogP contribution in [0.15, 0.2) is 55.1 Å². The fraction of sp³-hybridized carbons (Fsp3) is 0. The number of fused-ring (bicyclic) bond motifs is 1. The first-order valence-corrected chi connectivity index (χ1v) is 6.40. The van der Waals surface area contributed by atoms with Crippen molar-refractivity contribution >= 4 is 16.8 Å². The Morgan fingerprint density at radius 1 is 0.810 bits per heavy atom. The lowest BCUT2D eigenvalue weighted by Crippen LogP contribution is -1.89. The molecule has 3 rings (SSSR count). The summed E-state index contributed by atoms with van der Waals surface area (Å²) >= 11 is 0. The number of rotatable bonds is 2. The highest BCUT2D eigenvalue weighted by Gasteiger charge is 2.10. The third-order valence-electron chi connectivity index (χ3n) is 3.45. The molecule has 0 N–H and O–H groups in total. The zero-order valence-corrected chi connectivity index (χ0v) is 11.0. The summed E-state index contributed by atoms with van der Waals surface area (Å²) < 4.78 is 40.9. The van der Waals surface area contributed by atoms with E-state index in [0.717, 1.165) is 6.07 Å². The van der Waals surface area contributed by atoms with Gasteiger partial charge in [-0.05, 0) is 34.7 Å². The lowest BCUT2D eigenvalue weighted by Gasteiger charge is -2.07. The van der Waals surface area contributed by atoms with Gasteiger partial charge in [0.2, 0.25) is 0 Å². The van der Waals surface area contributed by atoms with Gasteiger partial charge in [0.25, 0.3) is 0 Å². The van der Waals surface area contributed by atoms with E-state index in [9.17, 15) is 13.2 Å². The molecule has 0 amide bonds. The van der Waals surface area contributed by atoms with Crippen molar-refractivity contribution in [3.8, 4) is 11.1 Å². The van der Waals surface area contributed by atoms with Crippen LogP contribution in [0.1, 0.15) is 5.56 Å². The summed E-state index contributed by atoms with van der Waals surface area (Å²) in [6, 6.07) is 12.0. The highest BCUT2D eigenvalue weighted by Crippen LogP contribution is 2.29. The summed E-state index contributed by atoms with van der Waals surface area (Å²) in [6.45, 7) is 3.59. The van der Waals surface area contributed by atoms with Gasteiger partial charge in [0, 0.05) is 10.9 Å². The van der Waals surface area contributed by atoms with E-state index in [2.05, 4.69) is 6.58 Å². The van der Waals surface area contributed by atoms with Crippen molar-refractivity contribution in [3.05, 3.63) is 78.1 Å². The quantitative estimate of drug-likeness (QED) is 0.577. The maximum atomic E-state index is 14.1. The summed E-state index contributed by atoms with van der Waals surface area (Å²) in [7, 11) is 0. The molecule has 0 saturated heterocycles. The Labute approximate surface area is 120 Å². The molecule has 3 aromatic rings. The third-order valence-corrected chi connectivity index (χ3v) is 3.45. The molecule has 0 unspecified atom stereocenters. The Morgan fingerprint density at radius 2 is 1.62 bits per heavy atom. The van der Waals surface area contributed by atoms with Crippen LogP contribution < -0.4 is 0 Å².